The molecule has 3 aromatic rings. The van der Waals surface area contributed by atoms with E-state index in [4.69, 9.17) is 0 Å². The third-order valence-electron chi connectivity index (χ3n) is 15.9. The van der Waals surface area contributed by atoms with Crippen molar-refractivity contribution >= 4 is 57.2 Å². The van der Waals surface area contributed by atoms with Crippen molar-refractivity contribution in [1.29, 1.82) is 0 Å². The van der Waals surface area contributed by atoms with Gasteiger partial charge in [-0.1, -0.05) is 249 Å². The van der Waals surface area contributed by atoms with Crippen LogP contribution in [0.2, 0.25) is 0 Å². The highest BCUT2D eigenvalue weighted by Gasteiger charge is 2.50. The number of amides is 2. The third kappa shape index (κ3) is 19.2. The molecule has 0 spiro atoms. The van der Waals surface area contributed by atoms with Crippen molar-refractivity contribution in [2.75, 3.05) is 13.1 Å². The molecule has 5 heterocycles. The maximum Gasteiger partial charge on any atom is 0.261 e. The summed E-state index contributed by atoms with van der Waals surface area (Å²) >= 11 is 5.46. The quantitative estimate of drug-likeness (QED) is 0.0534. The molecule has 410 valence electrons. The molecule has 3 aromatic heterocycles. The lowest BCUT2D eigenvalue weighted by molar-refractivity contribution is -0.124. The number of rotatable bonds is 39. The molecule has 2 atom stereocenters. The van der Waals surface area contributed by atoms with Crippen molar-refractivity contribution < 1.29 is 9.59 Å². The standard InChI is InChI=1S/C66H106N2O2S3/c1-11-15-19-23-27-29-33-37-41-51(39-35-31-25-21-17-13-3)49-67-61(55-44-43-53(71-55)54-45-47-57(72-54)65(5,6)7)59-60(64(67)70)62(56-46-48-58(73-56)66(8,9)10)68(63(59)69)50-52(40-36-32-26-22-18-14-4)42-38-34-30-28-24-20-16-12-2/h43-48,51-52H,11-42,49-50H2,1-10H3. The van der Waals surface area contributed by atoms with Crippen molar-refractivity contribution in [3.63, 3.8) is 0 Å². The van der Waals surface area contributed by atoms with E-state index in [9.17, 15) is 0 Å². The number of nitrogens with zero attached hydrogens (tertiary/aromatic N) is 2. The van der Waals surface area contributed by atoms with Gasteiger partial charge in [0.1, 0.15) is 0 Å². The van der Waals surface area contributed by atoms with Crippen LogP contribution in [-0.4, -0.2) is 34.7 Å². The number of hydrogen-bond acceptors (Lipinski definition) is 5. The van der Waals surface area contributed by atoms with Gasteiger partial charge in [-0.3, -0.25) is 9.59 Å². The number of fused-ring (bicyclic) bond motifs is 1. The lowest BCUT2D eigenvalue weighted by atomic mass is 9.93. The van der Waals surface area contributed by atoms with Gasteiger partial charge in [0.25, 0.3) is 11.8 Å². The first-order valence-electron chi connectivity index (χ1n) is 30.7. The maximum atomic E-state index is 15.9. The molecule has 0 aromatic carbocycles. The smallest absolute Gasteiger partial charge is 0.261 e. The van der Waals surface area contributed by atoms with Gasteiger partial charge < -0.3 is 9.80 Å². The average Bonchev–Trinajstić information content (AvgIpc) is 4.22. The highest BCUT2D eigenvalue weighted by molar-refractivity contribution is 7.22. The van der Waals surface area contributed by atoms with E-state index in [1.807, 2.05) is 11.3 Å². The van der Waals surface area contributed by atoms with Gasteiger partial charge in [-0.05, 0) is 84.7 Å². The van der Waals surface area contributed by atoms with E-state index in [1.165, 1.54) is 199 Å². The normalized spacial score (nSPS) is 15.3. The van der Waals surface area contributed by atoms with Crippen LogP contribution in [0.5, 0.6) is 0 Å². The Kier molecular flexibility index (Phi) is 27.2. The minimum atomic E-state index is -0.0325. The lowest BCUT2D eigenvalue weighted by Crippen LogP contribution is -2.34. The summed E-state index contributed by atoms with van der Waals surface area (Å²) in [5, 5.41) is 0. The fourth-order valence-electron chi connectivity index (χ4n) is 11.3. The van der Waals surface area contributed by atoms with Crippen LogP contribution in [-0.2, 0) is 20.4 Å². The van der Waals surface area contributed by atoms with E-state index in [-0.39, 0.29) is 22.6 Å². The van der Waals surface area contributed by atoms with Crippen LogP contribution in [0.4, 0.5) is 0 Å². The summed E-state index contributed by atoms with van der Waals surface area (Å²) in [6, 6.07) is 13.6. The highest BCUT2D eigenvalue weighted by Crippen LogP contribution is 2.51. The van der Waals surface area contributed by atoms with Crippen LogP contribution in [0.3, 0.4) is 0 Å². The van der Waals surface area contributed by atoms with E-state index in [0.29, 0.717) is 36.1 Å². The molecule has 0 N–H and O–H groups in total. The van der Waals surface area contributed by atoms with Gasteiger partial charge in [0.15, 0.2) is 0 Å². The molecule has 4 nitrogen and oxygen atoms in total. The van der Waals surface area contributed by atoms with Crippen molar-refractivity contribution in [2.45, 2.75) is 286 Å². The predicted octanol–water partition coefficient (Wildman–Crippen LogP) is 21.7. The Morgan fingerprint density at radius 3 is 0.945 bits per heavy atom. The van der Waals surface area contributed by atoms with Crippen molar-refractivity contribution in [2.24, 2.45) is 11.8 Å². The Labute approximate surface area is 461 Å². The Morgan fingerprint density at radius 2 is 0.616 bits per heavy atom. The van der Waals surface area contributed by atoms with Gasteiger partial charge in [0, 0.05) is 32.6 Å². The first-order chi connectivity index (χ1) is 35.2. The largest absolute Gasteiger partial charge is 0.306 e. The number of hydrogen-bond donors (Lipinski definition) is 0. The van der Waals surface area contributed by atoms with E-state index < -0.39 is 0 Å². The topological polar surface area (TPSA) is 40.6 Å². The van der Waals surface area contributed by atoms with Crippen molar-refractivity contribution in [3.05, 3.63) is 67.1 Å². The van der Waals surface area contributed by atoms with Crippen LogP contribution in [0.15, 0.2) is 47.5 Å². The van der Waals surface area contributed by atoms with E-state index in [2.05, 4.69) is 115 Å². The van der Waals surface area contributed by atoms with Crippen molar-refractivity contribution in [1.82, 2.24) is 9.80 Å². The molecule has 5 rings (SSSR count). The molecule has 0 radical (unpaired) electrons. The van der Waals surface area contributed by atoms with E-state index in [0.717, 1.165) is 46.8 Å². The van der Waals surface area contributed by atoms with Gasteiger partial charge in [-0.2, -0.15) is 0 Å². The summed E-state index contributed by atoms with van der Waals surface area (Å²) in [4.78, 5) is 43.4. The molecule has 7 heteroatoms. The Bertz CT molecular complexity index is 2120. The first kappa shape index (κ1) is 61.4. The molecule has 0 aliphatic carbocycles. The molecule has 0 saturated heterocycles. The molecule has 2 aliphatic heterocycles. The molecular formula is C66H106N2O2S3. The summed E-state index contributed by atoms with van der Waals surface area (Å²) in [5.74, 6) is 0.914. The molecule has 0 fully saturated rings. The zero-order valence-electron chi connectivity index (χ0n) is 48.6. The molecule has 0 saturated carbocycles. The number of unbranched alkanes of at least 4 members (excludes halogenated alkanes) is 24. The molecule has 2 unspecified atom stereocenters. The summed E-state index contributed by atoms with van der Waals surface area (Å²) in [7, 11) is 0. The molecule has 0 bridgehead atoms. The number of thiophene rings is 3. The van der Waals surface area contributed by atoms with Gasteiger partial charge in [0.2, 0.25) is 0 Å². The molecule has 2 amide bonds. The monoisotopic (exact) mass is 1050 g/mol. The zero-order valence-corrected chi connectivity index (χ0v) is 51.0. The average molecular weight is 1060 g/mol. The maximum absolute atomic E-state index is 15.9. The fraction of sp³-hybridized carbons (Fsp3) is 0.727. The van der Waals surface area contributed by atoms with Crippen LogP contribution < -0.4 is 0 Å². The second kappa shape index (κ2) is 32.3. The van der Waals surface area contributed by atoms with Crippen LogP contribution >= 0.6 is 34.0 Å². The summed E-state index contributed by atoms with van der Waals surface area (Å²) in [6.07, 6.45) is 40.8. The predicted molar refractivity (Wildman–Crippen MR) is 324 cm³/mol. The SMILES string of the molecule is CCCCCCCCCCC(CCCCCCCC)CN1C(=O)C2=C(c3ccc(C(C)(C)C)s3)N(CC(CCCCCCCC)CCCCCCCCCC)C(=O)C2=C1c1ccc(-c2ccc(C(C)(C)C)s2)s1. The van der Waals surface area contributed by atoms with Gasteiger partial charge in [-0.25, -0.2) is 0 Å². The first-order valence-corrected chi connectivity index (χ1v) is 33.1. The molecular weight excluding hydrogens is 949 g/mol. The van der Waals surface area contributed by atoms with Gasteiger partial charge >= 0.3 is 0 Å². The summed E-state index contributed by atoms with van der Waals surface area (Å²) in [5.41, 5.74) is 3.19. The Morgan fingerprint density at radius 1 is 0.356 bits per heavy atom. The van der Waals surface area contributed by atoms with E-state index >= 15 is 9.59 Å². The minimum absolute atomic E-state index is 0.0325. The zero-order chi connectivity index (χ0) is 52.6. The summed E-state index contributed by atoms with van der Waals surface area (Å²) < 4.78 is 0. The second-order valence-corrected chi connectivity index (χ2v) is 27.9. The number of carbonyl (C=O) groups is 2. The number of carbonyl (C=O) groups excluding carboxylic acids is 2. The second-order valence-electron chi connectivity index (χ2n) is 24.6. The van der Waals surface area contributed by atoms with Crippen molar-refractivity contribution in [3.8, 4) is 9.75 Å². The third-order valence-corrected chi connectivity index (χ3v) is 20.2. The van der Waals surface area contributed by atoms with Crippen LogP contribution in [0.1, 0.15) is 294 Å². The Balaban J connectivity index is 1.56. The lowest BCUT2D eigenvalue weighted by Gasteiger charge is -2.29. The van der Waals surface area contributed by atoms with Crippen LogP contribution in [0, 0.1) is 11.8 Å². The van der Waals surface area contributed by atoms with E-state index in [1.54, 1.807) is 22.7 Å². The Hall–Kier alpha value is -2.48. The molecule has 2 aliphatic rings. The van der Waals surface area contributed by atoms with Crippen LogP contribution in [0.25, 0.3) is 21.1 Å². The van der Waals surface area contributed by atoms with Gasteiger partial charge in [0.05, 0.1) is 32.3 Å². The highest BCUT2D eigenvalue weighted by atomic mass is 32.1. The summed E-state index contributed by atoms with van der Waals surface area (Å²) in [6.45, 7) is 24.3. The fourth-order valence-corrected chi connectivity index (χ4v) is 14.7. The molecule has 73 heavy (non-hydrogen) atoms. The minimum Gasteiger partial charge on any atom is -0.306 e. The van der Waals surface area contributed by atoms with Gasteiger partial charge in [-0.15, -0.1) is 34.0 Å².